The standard InChI is InChI=1S/C28H35NO5/c1-19(30)21-10-8-20(9-11-21)14-15-29(18-27(33)34-28(2,3)4)26(32)17-23-7-5-6-22-16-24(31)12-13-25(22)23/h8-13,16,23,31H,5-7,14-15,17-18H2,1-4H3. The molecule has 1 aliphatic rings. The van der Waals surface area contributed by atoms with E-state index in [1.807, 2.05) is 39.0 Å². The van der Waals surface area contributed by atoms with E-state index in [4.69, 9.17) is 4.74 Å². The molecule has 1 atom stereocenters. The van der Waals surface area contributed by atoms with Gasteiger partial charge in [-0.25, -0.2) is 0 Å². The lowest BCUT2D eigenvalue weighted by Gasteiger charge is -2.29. The first-order valence-corrected chi connectivity index (χ1v) is 11.9. The van der Waals surface area contributed by atoms with E-state index in [2.05, 4.69) is 0 Å². The third kappa shape index (κ3) is 7.17. The van der Waals surface area contributed by atoms with Crippen molar-refractivity contribution < 1.29 is 24.2 Å². The molecule has 2 aromatic carbocycles. The maximum absolute atomic E-state index is 13.4. The largest absolute Gasteiger partial charge is 0.508 e. The van der Waals surface area contributed by atoms with Gasteiger partial charge in [0.25, 0.3) is 0 Å². The SMILES string of the molecule is CC(=O)c1ccc(CCN(CC(=O)OC(C)(C)C)C(=O)CC2CCCc3cc(O)ccc32)cc1. The molecule has 0 aliphatic heterocycles. The highest BCUT2D eigenvalue weighted by molar-refractivity contribution is 5.94. The Bertz CT molecular complexity index is 1040. The minimum absolute atomic E-state index is 0.00867. The molecule has 0 heterocycles. The molecule has 1 unspecified atom stereocenters. The van der Waals surface area contributed by atoms with Gasteiger partial charge in [-0.15, -0.1) is 0 Å². The summed E-state index contributed by atoms with van der Waals surface area (Å²) in [5.74, 6) is -0.200. The number of benzene rings is 2. The van der Waals surface area contributed by atoms with Crippen LogP contribution in [0.15, 0.2) is 42.5 Å². The van der Waals surface area contributed by atoms with Gasteiger partial charge in [-0.3, -0.25) is 14.4 Å². The van der Waals surface area contributed by atoms with Crippen LogP contribution in [0.3, 0.4) is 0 Å². The molecular weight excluding hydrogens is 430 g/mol. The molecule has 0 saturated heterocycles. The maximum atomic E-state index is 13.4. The van der Waals surface area contributed by atoms with Crippen molar-refractivity contribution in [1.82, 2.24) is 4.90 Å². The number of hydrogen-bond acceptors (Lipinski definition) is 5. The normalized spacial score (nSPS) is 15.4. The Morgan fingerprint density at radius 1 is 1.09 bits per heavy atom. The molecule has 1 N–H and O–H groups in total. The molecule has 3 rings (SSSR count). The van der Waals surface area contributed by atoms with Crippen molar-refractivity contribution in [1.29, 1.82) is 0 Å². The van der Waals surface area contributed by atoms with Crippen molar-refractivity contribution in [2.45, 2.75) is 71.3 Å². The van der Waals surface area contributed by atoms with Crippen LogP contribution in [0.2, 0.25) is 0 Å². The van der Waals surface area contributed by atoms with E-state index in [0.717, 1.165) is 36.0 Å². The van der Waals surface area contributed by atoms with Gasteiger partial charge in [0.1, 0.15) is 17.9 Å². The van der Waals surface area contributed by atoms with Gasteiger partial charge in [-0.1, -0.05) is 30.3 Å². The lowest BCUT2D eigenvalue weighted by Crippen LogP contribution is -2.40. The zero-order valence-corrected chi connectivity index (χ0v) is 20.6. The molecule has 6 heteroatoms. The lowest BCUT2D eigenvalue weighted by atomic mass is 9.80. The van der Waals surface area contributed by atoms with E-state index >= 15 is 0 Å². The van der Waals surface area contributed by atoms with Crippen molar-refractivity contribution in [2.24, 2.45) is 0 Å². The summed E-state index contributed by atoms with van der Waals surface area (Å²) in [6.07, 6.45) is 3.64. The molecule has 0 fully saturated rings. The zero-order chi connectivity index (χ0) is 24.9. The first kappa shape index (κ1) is 25.5. The summed E-state index contributed by atoms with van der Waals surface area (Å²) in [4.78, 5) is 39.0. The van der Waals surface area contributed by atoms with Crippen LogP contribution >= 0.6 is 0 Å². The highest BCUT2D eigenvalue weighted by Crippen LogP contribution is 2.36. The predicted octanol–water partition coefficient (Wildman–Crippen LogP) is 4.82. The van der Waals surface area contributed by atoms with Crippen LogP contribution < -0.4 is 0 Å². The molecule has 1 aliphatic carbocycles. The number of amides is 1. The Kier molecular flexibility index (Phi) is 8.13. The van der Waals surface area contributed by atoms with Crippen molar-refractivity contribution in [2.75, 3.05) is 13.1 Å². The number of phenols is 1. The summed E-state index contributed by atoms with van der Waals surface area (Å²) in [6, 6.07) is 12.7. The number of carbonyl (C=O) groups is 3. The van der Waals surface area contributed by atoms with Crippen molar-refractivity contribution >= 4 is 17.7 Å². The Morgan fingerprint density at radius 3 is 2.44 bits per heavy atom. The van der Waals surface area contributed by atoms with Crippen LogP contribution in [0, 0.1) is 0 Å². The third-order valence-electron chi connectivity index (χ3n) is 6.11. The van der Waals surface area contributed by atoms with Gasteiger partial charge in [0.2, 0.25) is 5.91 Å². The highest BCUT2D eigenvalue weighted by Gasteiger charge is 2.27. The summed E-state index contributed by atoms with van der Waals surface area (Å²) in [7, 11) is 0. The Labute approximate surface area is 201 Å². The van der Waals surface area contributed by atoms with Crippen molar-refractivity contribution in [3.63, 3.8) is 0 Å². The molecule has 0 radical (unpaired) electrons. The number of fused-ring (bicyclic) bond motifs is 1. The van der Waals surface area contributed by atoms with E-state index in [-0.39, 0.29) is 29.9 Å². The van der Waals surface area contributed by atoms with E-state index in [9.17, 15) is 19.5 Å². The zero-order valence-electron chi connectivity index (χ0n) is 20.6. The fourth-order valence-electron chi connectivity index (χ4n) is 4.44. The smallest absolute Gasteiger partial charge is 0.326 e. The molecule has 34 heavy (non-hydrogen) atoms. The Morgan fingerprint density at radius 2 is 1.79 bits per heavy atom. The molecule has 0 saturated carbocycles. The van der Waals surface area contributed by atoms with Crippen LogP contribution in [-0.4, -0.2) is 46.4 Å². The number of ether oxygens (including phenoxy) is 1. The molecule has 1 amide bonds. The van der Waals surface area contributed by atoms with Gasteiger partial charge < -0.3 is 14.7 Å². The third-order valence-corrected chi connectivity index (χ3v) is 6.11. The summed E-state index contributed by atoms with van der Waals surface area (Å²) in [5, 5.41) is 9.82. The van der Waals surface area contributed by atoms with Crippen LogP contribution in [0.4, 0.5) is 0 Å². The average Bonchev–Trinajstić information content (AvgIpc) is 2.75. The summed E-state index contributed by atoms with van der Waals surface area (Å²) < 4.78 is 5.47. The predicted molar refractivity (Wildman–Crippen MR) is 131 cm³/mol. The molecular formula is C28H35NO5. The topological polar surface area (TPSA) is 83.9 Å². The Balaban J connectivity index is 1.72. The van der Waals surface area contributed by atoms with Crippen LogP contribution in [0.25, 0.3) is 0 Å². The second-order valence-electron chi connectivity index (χ2n) is 10.1. The van der Waals surface area contributed by atoms with Crippen LogP contribution in [0.5, 0.6) is 5.75 Å². The number of ketones is 1. The fraction of sp³-hybridized carbons (Fsp3) is 0.464. The van der Waals surface area contributed by atoms with Crippen LogP contribution in [-0.2, 0) is 27.2 Å². The van der Waals surface area contributed by atoms with Gasteiger partial charge in [0.15, 0.2) is 5.78 Å². The minimum atomic E-state index is -0.626. The molecule has 182 valence electrons. The van der Waals surface area contributed by atoms with Gasteiger partial charge in [0, 0.05) is 18.5 Å². The van der Waals surface area contributed by atoms with Gasteiger partial charge in [-0.2, -0.15) is 0 Å². The second kappa shape index (κ2) is 10.9. The second-order valence-corrected chi connectivity index (χ2v) is 10.1. The van der Waals surface area contributed by atoms with Crippen molar-refractivity contribution in [3.8, 4) is 5.75 Å². The molecule has 6 nitrogen and oxygen atoms in total. The molecule has 0 aromatic heterocycles. The first-order chi connectivity index (χ1) is 16.0. The minimum Gasteiger partial charge on any atom is -0.508 e. The van der Waals surface area contributed by atoms with E-state index < -0.39 is 11.6 Å². The van der Waals surface area contributed by atoms with Crippen molar-refractivity contribution in [3.05, 3.63) is 64.7 Å². The summed E-state index contributed by atoms with van der Waals surface area (Å²) >= 11 is 0. The Hall–Kier alpha value is -3.15. The van der Waals surface area contributed by atoms with Crippen LogP contribution in [0.1, 0.15) is 79.9 Å². The first-order valence-electron chi connectivity index (χ1n) is 11.9. The number of carbonyl (C=O) groups excluding carboxylic acids is 3. The van der Waals surface area contributed by atoms with E-state index in [1.54, 1.807) is 29.2 Å². The number of esters is 1. The van der Waals surface area contributed by atoms with Gasteiger partial charge in [-0.05, 0) is 88.1 Å². The quantitative estimate of drug-likeness (QED) is 0.446. The molecule has 2 aromatic rings. The number of Topliss-reactive ketones (excluding diaryl/α,β-unsaturated/α-hetero) is 1. The molecule has 0 spiro atoms. The number of phenolic OH excluding ortho intramolecular Hbond substituents is 1. The molecule has 0 bridgehead atoms. The average molecular weight is 466 g/mol. The number of rotatable bonds is 8. The van der Waals surface area contributed by atoms with E-state index in [1.165, 1.54) is 6.92 Å². The number of hydrogen-bond donors (Lipinski definition) is 1. The number of aryl methyl sites for hydroxylation is 1. The van der Waals surface area contributed by atoms with E-state index in [0.29, 0.717) is 24.9 Å². The number of nitrogens with zero attached hydrogens (tertiary/aromatic N) is 1. The number of aromatic hydroxyl groups is 1. The fourth-order valence-corrected chi connectivity index (χ4v) is 4.44. The van der Waals surface area contributed by atoms with Gasteiger partial charge >= 0.3 is 5.97 Å². The maximum Gasteiger partial charge on any atom is 0.326 e. The summed E-state index contributed by atoms with van der Waals surface area (Å²) in [6.45, 7) is 7.23. The summed E-state index contributed by atoms with van der Waals surface area (Å²) in [5.41, 5.74) is 3.21. The lowest BCUT2D eigenvalue weighted by molar-refractivity contribution is -0.159. The monoisotopic (exact) mass is 465 g/mol. The highest BCUT2D eigenvalue weighted by atomic mass is 16.6. The van der Waals surface area contributed by atoms with Gasteiger partial charge in [0.05, 0.1) is 0 Å².